The van der Waals surface area contributed by atoms with E-state index in [1.165, 1.54) is 5.69 Å². The molecule has 0 aliphatic carbocycles. The molecule has 3 N–H and O–H groups in total. The second kappa shape index (κ2) is 11.6. The molecule has 2 heterocycles. The van der Waals surface area contributed by atoms with Crippen LogP contribution in [-0.4, -0.2) is 53.9 Å². The first-order valence-electron chi connectivity index (χ1n) is 12.3. The van der Waals surface area contributed by atoms with Crippen LogP contribution in [0.25, 0.3) is 11.3 Å². The highest BCUT2D eigenvalue weighted by Gasteiger charge is 2.15. The molecule has 0 spiro atoms. The number of aromatic nitrogens is 2. The first kappa shape index (κ1) is 24.4. The lowest BCUT2D eigenvalue weighted by Gasteiger charge is -2.28. The molecule has 37 heavy (non-hydrogen) atoms. The molecule has 4 aromatic rings. The van der Waals surface area contributed by atoms with Gasteiger partial charge in [-0.2, -0.15) is 0 Å². The van der Waals surface area contributed by atoms with Crippen LogP contribution in [-0.2, 0) is 4.74 Å². The van der Waals surface area contributed by atoms with Gasteiger partial charge in [0.2, 0.25) is 5.95 Å². The summed E-state index contributed by atoms with van der Waals surface area (Å²) in [4.78, 5) is 24.1. The maximum absolute atomic E-state index is 12.8. The minimum Gasteiger partial charge on any atom is -0.394 e. The third-order valence-electron chi connectivity index (χ3n) is 6.29. The molecule has 8 heteroatoms. The molecule has 0 bridgehead atoms. The zero-order valence-corrected chi connectivity index (χ0v) is 20.4. The Kier molecular flexibility index (Phi) is 7.69. The van der Waals surface area contributed by atoms with Crippen LogP contribution in [0.1, 0.15) is 22.0 Å². The predicted octanol–water partition coefficient (Wildman–Crippen LogP) is 4.19. The highest BCUT2D eigenvalue weighted by molar-refractivity contribution is 5.95. The SMILES string of the molecule is O=C(N[C@@H](CO)c1ccccc1)c1ccc(-c2ccnc(Nc3ccc(N4CCOCC4)cc3)n2)cc1. The molecule has 1 saturated heterocycles. The summed E-state index contributed by atoms with van der Waals surface area (Å²) in [6.45, 7) is 3.12. The maximum Gasteiger partial charge on any atom is 0.251 e. The molecular formula is C29H29N5O3. The number of rotatable bonds is 8. The van der Waals surface area contributed by atoms with Gasteiger partial charge in [0.15, 0.2) is 0 Å². The number of anilines is 3. The summed E-state index contributed by atoms with van der Waals surface area (Å²) in [6.07, 6.45) is 1.71. The number of hydrogen-bond acceptors (Lipinski definition) is 7. The van der Waals surface area contributed by atoms with Gasteiger partial charge in [0.05, 0.1) is 31.6 Å². The molecular weight excluding hydrogens is 466 g/mol. The van der Waals surface area contributed by atoms with Gasteiger partial charge in [0, 0.05) is 41.8 Å². The molecule has 3 aromatic carbocycles. The standard InChI is InChI=1S/C29H29N5O3/c35-20-27(21-4-2-1-3-5-21)32-28(36)23-8-6-22(7-9-23)26-14-15-30-29(33-26)31-24-10-12-25(13-11-24)34-16-18-37-19-17-34/h1-15,27,35H,16-20H2,(H,32,36)(H,30,31,33)/t27-/m0/s1. The van der Waals surface area contributed by atoms with Gasteiger partial charge >= 0.3 is 0 Å². The van der Waals surface area contributed by atoms with Crippen LogP contribution in [0, 0.1) is 0 Å². The van der Waals surface area contributed by atoms with Crippen molar-refractivity contribution in [3.8, 4) is 11.3 Å². The molecule has 0 radical (unpaired) electrons. The van der Waals surface area contributed by atoms with Crippen LogP contribution in [0.5, 0.6) is 0 Å². The zero-order valence-electron chi connectivity index (χ0n) is 20.4. The Morgan fingerprint density at radius 2 is 1.68 bits per heavy atom. The second-order valence-electron chi connectivity index (χ2n) is 8.73. The zero-order chi connectivity index (χ0) is 25.5. The summed E-state index contributed by atoms with van der Waals surface area (Å²) in [7, 11) is 0. The Morgan fingerprint density at radius 1 is 0.946 bits per heavy atom. The average molecular weight is 496 g/mol. The van der Waals surface area contributed by atoms with Crippen LogP contribution in [0.15, 0.2) is 91.1 Å². The normalized spacial score (nSPS) is 14.1. The van der Waals surface area contributed by atoms with E-state index < -0.39 is 6.04 Å². The number of nitrogens with one attached hydrogen (secondary N) is 2. The summed E-state index contributed by atoms with van der Waals surface area (Å²) in [6, 6.07) is 26.2. The van der Waals surface area contributed by atoms with Gasteiger partial charge in [-0.15, -0.1) is 0 Å². The molecule has 1 atom stereocenters. The van der Waals surface area contributed by atoms with Gasteiger partial charge in [-0.3, -0.25) is 4.79 Å². The molecule has 1 aromatic heterocycles. The van der Waals surface area contributed by atoms with Crippen molar-refractivity contribution >= 4 is 23.2 Å². The van der Waals surface area contributed by atoms with E-state index in [0.29, 0.717) is 11.5 Å². The van der Waals surface area contributed by atoms with Crippen molar-refractivity contribution < 1.29 is 14.6 Å². The molecule has 5 rings (SSSR count). The minimum absolute atomic E-state index is 0.180. The number of ether oxygens (including phenoxy) is 1. The molecule has 1 amide bonds. The molecule has 1 aliphatic rings. The summed E-state index contributed by atoms with van der Waals surface area (Å²) < 4.78 is 5.43. The first-order chi connectivity index (χ1) is 18.2. The van der Waals surface area contributed by atoms with Crippen molar-refractivity contribution in [1.29, 1.82) is 0 Å². The van der Waals surface area contributed by atoms with Crippen molar-refractivity contribution in [2.75, 3.05) is 43.1 Å². The lowest BCUT2D eigenvalue weighted by atomic mass is 10.1. The van der Waals surface area contributed by atoms with Crippen LogP contribution < -0.4 is 15.5 Å². The number of benzene rings is 3. The Bertz CT molecular complexity index is 1310. The van der Waals surface area contributed by atoms with Gasteiger partial charge in [0.25, 0.3) is 5.91 Å². The van der Waals surface area contributed by atoms with Gasteiger partial charge in [-0.05, 0) is 48.0 Å². The summed E-state index contributed by atoms with van der Waals surface area (Å²) in [5.74, 6) is 0.243. The van der Waals surface area contributed by atoms with E-state index >= 15 is 0 Å². The molecule has 1 aliphatic heterocycles. The third-order valence-corrected chi connectivity index (χ3v) is 6.29. The molecule has 0 unspecified atom stereocenters. The van der Waals surface area contributed by atoms with Crippen LogP contribution in [0.4, 0.5) is 17.3 Å². The van der Waals surface area contributed by atoms with E-state index in [0.717, 1.165) is 48.8 Å². The summed E-state index contributed by atoms with van der Waals surface area (Å²) >= 11 is 0. The van der Waals surface area contributed by atoms with E-state index in [1.54, 1.807) is 18.3 Å². The Morgan fingerprint density at radius 3 is 2.38 bits per heavy atom. The second-order valence-corrected chi connectivity index (χ2v) is 8.73. The van der Waals surface area contributed by atoms with Crippen molar-refractivity contribution in [2.45, 2.75) is 6.04 Å². The number of hydrogen-bond donors (Lipinski definition) is 3. The van der Waals surface area contributed by atoms with Crippen LogP contribution in [0.2, 0.25) is 0 Å². The van der Waals surface area contributed by atoms with Gasteiger partial charge < -0.3 is 25.4 Å². The predicted molar refractivity (Wildman–Crippen MR) is 144 cm³/mol. The molecule has 8 nitrogen and oxygen atoms in total. The molecule has 0 saturated carbocycles. The summed E-state index contributed by atoms with van der Waals surface area (Å²) in [5.41, 5.74) is 5.04. The number of morpholine rings is 1. The highest BCUT2D eigenvalue weighted by atomic mass is 16.5. The monoisotopic (exact) mass is 495 g/mol. The fraction of sp³-hybridized carbons (Fsp3) is 0.207. The Balaban J connectivity index is 1.23. The van der Waals surface area contributed by atoms with Crippen molar-refractivity contribution in [3.05, 3.63) is 102 Å². The number of carbonyl (C=O) groups is 1. The number of aliphatic hydroxyl groups excluding tert-OH is 1. The van der Waals surface area contributed by atoms with E-state index in [2.05, 4.69) is 37.6 Å². The quantitative estimate of drug-likeness (QED) is 0.337. The number of carbonyl (C=O) groups excluding carboxylic acids is 1. The van der Waals surface area contributed by atoms with Crippen molar-refractivity contribution in [3.63, 3.8) is 0 Å². The Hall–Kier alpha value is -4.27. The lowest BCUT2D eigenvalue weighted by molar-refractivity contribution is 0.0916. The van der Waals surface area contributed by atoms with Crippen molar-refractivity contribution in [2.24, 2.45) is 0 Å². The topological polar surface area (TPSA) is 99.6 Å². The van der Waals surface area contributed by atoms with E-state index in [9.17, 15) is 9.90 Å². The largest absolute Gasteiger partial charge is 0.394 e. The molecule has 188 valence electrons. The number of nitrogens with zero attached hydrogens (tertiary/aromatic N) is 3. The fourth-order valence-corrected chi connectivity index (χ4v) is 4.24. The Labute approximate surface area is 216 Å². The molecule has 1 fully saturated rings. The third kappa shape index (κ3) is 6.11. The fourth-order valence-electron chi connectivity index (χ4n) is 4.24. The van der Waals surface area contributed by atoms with Gasteiger partial charge in [-0.25, -0.2) is 9.97 Å². The average Bonchev–Trinajstić information content (AvgIpc) is 2.97. The minimum atomic E-state index is -0.466. The summed E-state index contributed by atoms with van der Waals surface area (Å²) in [5, 5.41) is 15.9. The maximum atomic E-state index is 12.8. The van der Waals surface area contributed by atoms with E-state index in [4.69, 9.17) is 4.74 Å². The number of amides is 1. The number of aliphatic hydroxyl groups is 1. The van der Waals surface area contributed by atoms with Gasteiger partial charge in [0.1, 0.15) is 0 Å². The van der Waals surface area contributed by atoms with E-state index in [1.807, 2.05) is 60.7 Å². The van der Waals surface area contributed by atoms with Gasteiger partial charge in [-0.1, -0.05) is 42.5 Å². The van der Waals surface area contributed by atoms with Crippen molar-refractivity contribution in [1.82, 2.24) is 15.3 Å². The van der Waals surface area contributed by atoms with Crippen LogP contribution >= 0.6 is 0 Å². The lowest BCUT2D eigenvalue weighted by Crippen LogP contribution is -2.36. The smallest absolute Gasteiger partial charge is 0.251 e. The van der Waals surface area contributed by atoms with Crippen LogP contribution in [0.3, 0.4) is 0 Å². The van der Waals surface area contributed by atoms with E-state index in [-0.39, 0.29) is 12.5 Å². The first-order valence-corrected chi connectivity index (χ1v) is 12.3. The highest BCUT2D eigenvalue weighted by Crippen LogP contribution is 2.23.